The monoisotopic (exact) mass is 132 g/mol. The second-order valence-corrected chi connectivity index (χ2v) is 3.02. The molecule has 0 spiro atoms. The summed E-state index contributed by atoms with van der Waals surface area (Å²) < 4.78 is 0. The standard InChI is InChI=1S/C6H12S.CH4/c7-6-4-2-1-3-5-6;/h6-7H,1-5H2;1H4. The van der Waals surface area contributed by atoms with Crippen LogP contribution in [0.5, 0.6) is 0 Å². The summed E-state index contributed by atoms with van der Waals surface area (Å²) in [4.78, 5) is 0. The average Bonchev–Trinajstić information content (AvgIpc) is 1.69. The van der Waals surface area contributed by atoms with Gasteiger partial charge in [0.25, 0.3) is 0 Å². The lowest BCUT2D eigenvalue weighted by Crippen LogP contribution is -2.03. The van der Waals surface area contributed by atoms with Gasteiger partial charge in [-0.15, -0.1) is 0 Å². The van der Waals surface area contributed by atoms with Crippen LogP contribution in [0.2, 0.25) is 0 Å². The molecule has 0 radical (unpaired) electrons. The molecule has 0 bridgehead atoms. The van der Waals surface area contributed by atoms with Crippen LogP contribution in [-0.4, -0.2) is 5.25 Å². The molecule has 0 nitrogen and oxygen atoms in total. The van der Waals surface area contributed by atoms with Crippen molar-refractivity contribution in [1.29, 1.82) is 0 Å². The van der Waals surface area contributed by atoms with Gasteiger partial charge in [-0.2, -0.15) is 12.6 Å². The van der Waals surface area contributed by atoms with Crippen LogP contribution in [0.1, 0.15) is 39.5 Å². The first-order chi connectivity index (χ1) is 3.39. The molecule has 0 unspecified atom stereocenters. The molecule has 0 amide bonds. The van der Waals surface area contributed by atoms with Crippen LogP contribution in [0.4, 0.5) is 0 Å². The second kappa shape index (κ2) is 4.25. The van der Waals surface area contributed by atoms with E-state index in [1.807, 2.05) is 0 Å². The molecule has 50 valence electrons. The van der Waals surface area contributed by atoms with E-state index in [9.17, 15) is 0 Å². The Kier molecular flexibility index (Phi) is 4.44. The van der Waals surface area contributed by atoms with E-state index in [0.29, 0.717) is 0 Å². The molecule has 1 aliphatic carbocycles. The van der Waals surface area contributed by atoms with Gasteiger partial charge in [-0.3, -0.25) is 0 Å². The van der Waals surface area contributed by atoms with E-state index in [2.05, 4.69) is 12.6 Å². The van der Waals surface area contributed by atoms with E-state index in [1.165, 1.54) is 32.1 Å². The smallest absolute Gasteiger partial charge is 0.00168 e. The van der Waals surface area contributed by atoms with E-state index in [1.54, 1.807) is 0 Å². The highest BCUT2D eigenvalue weighted by Gasteiger charge is 2.06. The molecule has 1 rings (SSSR count). The molecule has 0 aromatic rings. The van der Waals surface area contributed by atoms with Crippen molar-refractivity contribution >= 4 is 12.6 Å². The summed E-state index contributed by atoms with van der Waals surface area (Å²) in [5, 5.41) is 0.730. The van der Waals surface area contributed by atoms with Crippen LogP contribution in [0, 0.1) is 0 Å². The van der Waals surface area contributed by atoms with Crippen molar-refractivity contribution in [3.05, 3.63) is 0 Å². The Bertz CT molecular complexity index is 46.3. The van der Waals surface area contributed by atoms with Crippen LogP contribution in [0.15, 0.2) is 0 Å². The molecule has 0 aromatic carbocycles. The number of hydrogen-bond donors (Lipinski definition) is 1. The third kappa shape index (κ3) is 2.61. The lowest BCUT2D eigenvalue weighted by atomic mass is 10.0. The summed E-state index contributed by atoms with van der Waals surface area (Å²) in [6.45, 7) is 0. The van der Waals surface area contributed by atoms with Crippen LogP contribution < -0.4 is 0 Å². The van der Waals surface area contributed by atoms with Gasteiger partial charge in [0.1, 0.15) is 0 Å². The molecule has 0 atom stereocenters. The van der Waals surface area contributed by atoms with Crippen LogP contribution >= 0.6 is 12.6 Å². The maximum absolute atomic E-state index is 4.36. The molecule has 0 aromatic heterocycles. The minimum Gasteiger partial charge on any atom is -0.176 e. The molecule has 1 saturated carbocycles. The fourth-order valence-electron chi connectivity index (χ4n) is 1.08. The van der Waals surface area contributed by atoms with E-state index >= 15 is 0 Å². The molecular weight excluding hydrogens is 116 g/mol. The summed E-state index contributed by atoms with van der Waals surface area (Å²) in [5.41, 5.74) is 0. The molecule has 1 fully saturated rings. The van der Waals surface area contributed by atoms with Gasteiger partial charge in [0.2, 0.25) is 0 Å². The normalized spacial score (nSPS) is 22.1. The first kappa shape index (κ1) is 8.35. The van der Waals surface area contributed by atoms with Gasteiger partial charge in [-0.25, -0.2) is 0 Å². The maximum atomic E-state index is 4.36. The minimum absolute atomic E-state index is 0. The van der Waals surface area contributed by atoms with Gasteiger partial charge < -0.3 is 0 Å². The summed E-state index contributed by atoms with van der Waals surface area (Å²) in [6.07, 6.45) is 6.96. The van der Waals surface area contributed by atoms with Crippen molar-refractivity contribution in [2.75, 3.05) is 0 Å². The van der Waals surface area contributed by atoms with Crippen LogP contribution in [-0.2, 0) is 0 Å². The van der Waals surface area contributed by atoms with Crippen molar-refractivity contribution in [3.63, 3.8) is 0 Å². The lowest BCUT2D eigenvalue weighted by molar-refractivity contribution is 0.518. The zero-order chi connectivity index (χ0) is 5.11. The third-order valence-electron chi connectivity index (χ3n) is 1.57. The van der Waals surface area contributed by atoms with E-state index in [4.69, 9.17) is 0 Å². The van der Waals surface area contributed by atoms with E-state index < -0.39 is 0 Å². The zero-order valence-electron chi connectivity index (χ0n) is 4.56. The molecule has 0 N–H and O–H groups in total. The molecule has 0 aliphatic heterocycles. The highest BCUT2D eigenvalue weighted by molar-refractivity contribution is 7.80. The SMILES string of the molecule is C.SC1CCCCC1. The van der Waals surface area contributed by atoms with Gasteiger partial charge in [0.05, 0.1) is 0 Å². The minimum atomic E-state index is 0. The molecule has 0 saturated heterocycles. The predicted molar refractivity (Wildman–Crippen MR) is 42.6 cm³/mol. The molecule has 1 heteroatoms. The topological polar surface area (TPSA) is 0 Å². The summed E-state index contributed by atoms with van der Waals surface area (Å²) in [7, 11) is 0. The Balaban J connectivity index is 0.000000490. The predicted octanol–water partition coefficient (Wildman–Crippen LogP) is 2.89. The molecular formula is C7H16S. The number of hydrogen-bond acceptors (Lipinski definition) is 1. The van der Waals surface area contributed by atoms with Crippen molar-refractivity contribution in [2.45, 2.75) is 44.8 Å². The van der Waals surface area contributed by atoms with Crippen molar-refractivity contribution in [1.82, 2.24) is 0 Å². The Labute approximate surface area is 58.1 Å². The molecule has 0 heterocycles. The van der Waals surface area contributed by atoms with E-state index in [0.717, 1.165) is 5.25 Å². The Morgan fingerprint density at radius 1 is 1.00 bits per heavy atom. The highest BCUT2D eigenvalue weighted by Crippen LogP contribution is 2.20. The summed E-state index contributed by atoms with van der Waals surface area (Å²) >= 11 is 4.36. The quantitative estimate of drug-likeness (QED) is 0.481. The van der Waals surface area contributed by atoms with Gasteiger partial charge in [-0.1, -0.05) is 26.7 Å². The highest BCUT2D eigenvalue weighted by atomic mass is 32.1. The second-order valence-electron chi connectivity index (χ2n) is 2.29. The average molecular weight is 132 g/mol. The summed E-state index contributed by atoms with van der Waals surface area (Å²) in [5.74, 6) is 0. The van der Waals surface area contributed by atoms with Gasteiger partial charge in [0, 0.05) is 5.25 Å². The summed E-state index contributed by atoms with van der Waals surface area (Å²) in [6, 6.07) is 0. The number of rotatable bonds is 0. The zero-order valence-corrected chi connectivity index (χ0v) is 5.45. The molecule has 1 aliphatic rings. The van der Waals surface area contributed by atoms with Crippen LogP contribution in [0.25, 0.3) is 0 Å². The van der Waals surface area contributed by atoms with Crippen molar-refractivity contribution in [3.8, 4) is 0 Å². The fourth-order valence-corrected chi connectivity index (χ4v) is 1.45. The van der Waals surface area contributed by atoms with Gasteiger partial charge >= 0.3 is 0 Å². The van der Waals surface area contributed by atoms with Gasteiger partial charge in [0.15, 0.2) is 0 Å². The van der Waals surface area contributed by atoms with E-state index in [-0.39, 0.29) is 7.43 Å². The largest absolute Gasteiger partial charge is 0.176 e. The maximum Gasteiger partial charge on any atom is 0.00168 e. The Morgan fingerprint density at radius 3 is 1.75 bits per heavy atom. The number of thiol groups is 1. The third-order valence-corrected chi connectivity index (χ3v) is 2.09. The molecule has 8 heavy (non-hydrogen) atoms. The van der Waals surface area contributed by atoms with Crippen LogP contribution in [0.3, 0.4) is 0 Å². The lowest BCUT2D eigenvalue weighted by Gasteiger charge is -2.14. The fraction of sp³-hybridized carbons (Fsp3) is 1.00. The first-order valence-corrected chi connectivity index (χ1v) is 3.59. The first-order valence-electron chi connectivity index (χ1n) is 3.07. The van der Waals surface area contributed by atoms with Gasteiger partial charge in [-0.05, 0) is 12.8 Å². The van der Waals surface area contributed by atoms with Crippen molar-refractivity contribution < 1.29 is 0 Å². The Hall–Kier alpha value is 0.350. The Morgan fingerprint density at radius 2 is 1.50 bits per heavy atom. The van der Waals surface area contributed by atoms with Crippen molar-refractivity contribution in [2.24, 2.45) is 0 Å².